The van der Waals surface area contributed by atoms with Gasteiger partial charge in [-0.1, -0.05) is 6.92 Å². The molecule has 1 fully saturated rings. The van der Waals surface area contributed by atoms with Crippen LogP contribution in [0, 0.1) is 5.92 Å². The smallest absolute Gasteiger partial charge is 0.146 e. The van der Waals surface area contributed by atoms with Crippen LogP contribution in [0.5, 0.6) is 0 Å². The molecule has 1 aromatic rings. The van der Waals surface area contributed by atoms with Crippen LogP contribution in [0.2, 0.25) is 0 Å². The summed E-state index contributed by atoms with van der Waals surface area (Å²) in [6.07, 6.45) is 3.71. The summed E-state index contributed by atoms with van der Waals surface area (Å²) in [5.41, 5.74) is 0. The van der Waals surface area contributed by atoms with Gasteiger partial charge in [-0.05, 0) is 26.7 Å². The monoisotopic (exact) mass is 251 g/mol. The number of aromatic nitrogens is 3. The normalized spacial score (nSPS) is 23.8. The second-order valence-corrected chi connectivity index (χ2v) is 5.07. The highest BCUT2D eigenvalue weighted by Gasteiger charge is 2.33. The van der Waals surface area contributed by atoms with Crippen LogP contribution in [0.4, 0.5) is 0 Å². The van der Waals surface area contributed by atoms with Crippen molar-refractivity contribution in [2.45, 2.75) is 52.2 Å². The van der Waals surface area contributed by atoms with Gasteiger partial charge in [-0.2, -0.15) is 5.10 Å². The molecule has 2 rings (SSSR count). The molecule has 100 valence electrons. The van der Waals surface area contributed by atoms with E-state index in [2.05, 4.69) is 17.0 Å². The van der Waals surface area contributed by atoms with Crippen LogP contribution in [0.3, 0.4) is 0 Å². The zero-order chi connectivity index (χ0) is 13.1. The van der Waals surface area contributed by atoms with Gasteiger partial charge in [0.1, 0.15) is 17.9 Å². The molecule has 5 nitrogen and oxygen atoms in total. The van der Waals surface area contributed by atoms with Crippen molar-refractivity contribution in [2.24, 2.45) is 5.92 Å². The van der Waals surface area contributed by atoms with Crippen LogP contribution in [0.1, 0.15) is 45.5 Å². The largest absolute Gasteiger partial charge is 0.377 e. The lowest BCUT2D eigenvalue weighted by atomic mass is 9.93. The first-order chi connectivity index (χ1) is 8.63. The fraction of sp³-hybridized carbons (Fsp3) is 0.769. The minimum atomic E-state index is 0.0345. The highest BCUT2D eigenvalue weighted by atomic mass is 16.5. The van der Waals surface area contributed by atoms with E-state index in [0.717, 1.165) is 18.7 Å². The number of carbonyl (C=O) groups excluding carboxylic acids is 1. The molecule has 0 N–H and O–H groups in total. The molecule has 0 radical (unpaired) electrons. The second-order valence-electron chi connectivity index (χ2n) is 5.07. The van der Waals surface area contributed by atoms with Crippen molar-refractivity contribution in [3.63, 3.8) is 0 Å². The average Bonchev–Trinajstić information content (AvgIpc) is 2.96. The number of rotatable bonds is 5. The first-order valence-electron chi connectivity index (χ1n) is 6.66. The zero-order valence-electron chi connectivity index (χ0n) is 11.3. The Morgan fingerprint density at radius 1 is 1.61 bits per heavy atom. The lowest BCUT2D eigenvalue weighted by molar-refractivity contribution is -0.124. The summed E-state index contributed by atoms with van der Waals surface area (Å²) >= 11 is 0. The van der Waals surface area contributed by atoms with Gasteiger partial charge in [-0.3, -0.25) is 4.79 Å². The number of Topliss-reactive ketones (excluding diaryl/α,β-unsaturated/α-hetero) is 1. The highest BCUT2D eigenvalue weighted by molar-refractivity contribution is 5.83. The molecule has 0 saturated carbocycles. The third-order valence-corrected chi connectivity index (χ3v) is 3.49. The first kappa shape index (κ1) is 13.2. The topological polar surface area (TPSA) is 57.0 Å². The molecule has 18 heavy (non-hydrogen) atoms. The maximum atomic E-state index is 12.3. The van der Waals surface area contributed by atoms with E-state index in [0.29, 0.717) is 13.0 Å². The summed E-state index contributed by atoms with van der Waals surface area (Å²) in [4.78, 5) is 16.5. The Morgan fingerprint density at radius 2 is 2.39 bits per heavy atom. The SMILES string of the molecule is CCC1OCCC1C(=O)Cc1ncnn1C(C)C. The molecule has 0 amide bonds. The van der Waals surface area contributed by atoms with Crippen molar-refractivity contribution in [1.82, 2.24) is 14.8 Å². The molecule has 1 saturated heterocycles. The maximum absolute atomic E-state index is 12.3. The quantitative estimate of drug-likeness (QED) is 0.800. The molecular weight excluding hydrogens is 230 g/mol. The van der Waals surface area contributed by atoms with Crippen molar-refractivity contribution in [3.8, 4) is 0 Å². The van der Waals surface area contributed by atoms with E-state index in [4.69, 9.17) is 4.74 Å². The molecule has 5 heteroatoms. The molecule has 2 unspecified atom stereocenters. The Kier molecular flexibility index (Phi) is 4.11. The lowest BCUT2D eigenvalue weighted by Crippen LogP contribution is -2.26. The Balaban J connectivity index is 2.04. The van der Waals surface area contributed by atoms with Gasteiger partial charge < -0.3 is 4.74 Å². The number of carbonyl (C=O) groups is 1. The number of hydrogen-bond acceptors (Lipinski definition) is 4. The van der Waals surface area contributed by atoms with E-state index in [1.165, 1.54) is 6.33 Å². The van der Waals surface area contributed by atoms with Crippen LogP contribution >= 0.6 is 0 Å². The average molecular weight is 251 g/mol. The van der Waals surface area contributed by atoms with E-state index in [1.807, 2.05) is 18.5 Å². The summed E-state index contributed by atoms with van der Waals surface area (Å²) in [6.45, 7) is 6.84. The van der Waals surface area contributed by atoms with Crippen molar-refractivity contribution >= 4 is 5.78 Å². The lowest BCUT2D eigenvalue weighted by Gasteiger charge is -2.16. The predicted molar refractivity (Wildman–Crippen MR) is 67.3 cm³/mol. The predicted octanol–water partition coefficient (Wildman–Crippen LogP) is 1.79. The van der Waals surface area contributed by atoms with Crippen molar-refractivity contribution < 1.29 is 9.53 Å². The van der Waals surface area contributed by atoms with E-state index in [-0.39, 0.29) is 23.8 Å². The van der Waals surface area contributed by atoms with Gasteiger partial charge in [0.2, 0.25) is 0 Å². The van der Waals surface area contributed by atoms with E-state index in [9.17, 15) is 4.79 Å². The summed E-state index contributed by atoms with van der Waals surface area (Å²) in [6, 6.07) is 0.233. The van der Waals surface area contributed by atoms with Gasteiger partial charge in [-0.25, -0.2) is 9.67 Å². The van der Waals surface area contributed by atoms with Gasteiger partial charge >= 0.3 is 0 Å². The summed E-state index contributed by atoms with van der Waals surface area (Å²) < 4.78 is 7.38. The van der Waals surface area contributed by atoms with Crippen LogP contribution in [-0.2, 0) is 16.0 Å². The van der Waals surface area contributed by atoms with Gasteiger partial charge in [0.05, 0.1) is 12.5 Å². The highest BCUT2D eigenvalue weighted by Crippen LogP contribution is 2.25. The molecule has 0 aliphatic carbocycles. The van der Waals surface area contributed by atoms with Gasteiger partial charge in [0.15, 0.2) is 0 Å². The molecule has 1 aliphatic rings. The number of ketones is 1. The van der Waals surface area contributed by atoms with Crippen molar-refractivity contribution in [2.75, 3.05) is 6.61 Å². The molecule has 0 bridgehead atoms. The summed E-state index contributed by atoms with van der Waals surface area (Å²) in [7, 11) is 0. The van der Waals surface area contributed by atoms with Gasteiger partial charge in [0, 0.05) is 18.6 Å². The Morgan fingerprint density at radius 3 is 3.06 bits per heavy atom. The minimum absolute atomic E-state index is 0.0345. The Labute approximate surface area is 108 Å². The molecule has 0 spiro atoms. The standard InChI is InChI=1S/C13H21N3O2/c1-4-12-10(5-6-18-12)11(17)7-13-14-8-15-16(13)9(2)3/h8-10,12H,4-7H2,1-3H3. The maximum Gasteiger partial charge on any atom is 0.146 e. The molecule has 2 atom stereocenters. The first-order valence-corrected chi connectivity index (χ1v) is 6.66. The van der Waals surface area contributed by atoms with Crippen molar-refractivity contribution in [1.29, 1.82) is 0 Å². The summed E-state index contributed by atoms with van der Waals surface area (Å²) in [5, 5.41) is 4.16. The zero-order valence-corrected chi connectivity index (χ0v) is 11.3. The molecule has 2 heterocycles. The fourth-order valence-electron chi connectivity index (χ4n) is 2.54. The number of nitrogens with zero attached hydrogens (tertiary/aromatic N) is 3. The Hall–Kier alpha value is -1.23. The van der Waals surface area contributed by atoms with Crippen LogP contribution in [0.25, 0.3) is 0 Å². The van der Waals surface area contributed by atoms with E-state index < -0.39 is 0 Å². The van der Waals surface area contributed by atoms with E-state index >= 15 is 0 Å². The van der Waals surface area contributed by atoms with Crippen LogP contribution < -0.4 is 0 Å². The van der Waals surface area contributed by atoms with Crippen LogP contribution in [-0.4, -0.2) is 33.3 Å². The van der Waals surface area contributed by atoms with Crippen molar-refractivity contribution in [3.05, 3.63) is 12.2 Å². The fourth-order valence-corrected chi connectivity index (χ4v) is 2.54. The van der Waals surface area contributed by atoms with Gasteiger partial charge in [-0.15, -0.1) is 0 Å². The van der Waals surface area contributed by atoms with Crippen LogP contribution in [0.15, 0.2) is 6.33 Å². The second kappa shape index (κ2) is 5.61. The molecule has 0 aromatic carbocycles. The molecule has 1 aliphatic heterocycles. The third-order valence-electron chi connectivity index (χ3n) is 3.49. The summed E-state index contributed by atoms with van der Waals surface area (Å²) in [5.74, 6) is 1.03. The number of hydrogen-bond donors (Lipinski definition) is 0. The number of ether oxygens (including phenoxy) is 1. The van der Waals surface area contributed by atoms with Gasteiger partial charge in [0.25, 0.3) is 0 Å². The van der Waals surface area contributed by atoms with E-state index in [1.54, 1.807) is 0 Å². The minimum Gasteiger partial charge on any atom is -0.377 e. The third kappa shape index (κ3) is 2.61. The molecule has 1 aromatic heterocycles. The Bertz CT molecular complexity index is 414. The molecular formula is C13H21N3O2.